The van der Waals surface area contributed by atoms with Gasteiger partial charge in [-0.1, -0.05) is 13.8 Å². The molecule has 0 saturated heterocycles. The molecule has 170 valence electrons. The standard InChI is InChI=1S/C21H22Br2O4S2.C2H6/c1-24-18-11-14(9-16(22)20(18)26-3)5-7-28-13-29-8-6-15-10-17(23)21(27-4)19(12-15)25-2;1-2/h5-12H,13H2,1-4H3;1-2H3/b7-5+,8-6+;. The predicted molar refractivity (Wildman–Crippen MR) is 144 cm³/mol. The van der Waals surface area contributed by atoms with E-state index in [4.69, 9.17) is 18.9 Å². The molecule has 0 aliphatic heterocycles. The van der Waals surface area contributed by atoms with Gasteiger partial charge < -0.3 is 18.9 Å². The second kappa shape index (κ2) is 15.6. The maximum Gasteiger partial charge on any atom is 0.174 e. The Balaban J connectivity index is 0.00000233. The molecule has 0 amide bonds. The lowest BCUT2D eigenvalue weighted by Crippen LogP contribution is -1.92. The Morgan fingerprint density at radius 2 is 1.06 bits per heavy atom. The summed E-state index contributed by atoms with van der Waals surface area (Å²) in [7, 11) is 6.51. The van der Waals surface area contributed by atoms with Crippen LogP contribution in [0.3, 0.4) is 0 Å². The van der Waals surface area contributed by atoms with Crippen molar-refractivity contribution in [1.29, 1.82) is 0 Å². The summed E-state index contributed by atoms with van der Waals surface area (Å²) in [5.41, 5.74) is 2.08. The molecule has 4 nitrogen and oxygen atoms in total. The van der Waals surface area contributed by atoms with Gasteiger partial charge in [-0.3, -0.25) is 0 Å². The topological polar surface area (TPSA) is 36.9 Å². The lowest BCUT2D eigenvalue weighted by Gasteiger charge is -2.10. The van der Waals surface area contributed by atoms with Crippen LogP contribution in [0.2, 0.25) is 0 Å². The highest BCUT2D eigenvalue weighted by Gasteiger charge is 2.10. The molecule has 0 heterocycles. The molecule has 2 aromatic carbocycles. The zero-order chi connectivity index (χ0) is 23.2. The molecular weight excluding hydrogens is 564 g/mol. The Kier molecular flexibility index (Phi) is 14.0. The van der Waals surface area contributed by atoms with E-state index in [-0.39, 0.29) is 0 Å². The first kappa shape index (κ1) is 27.8. The van der Waals surface area contributed by atoms with Gasteiger partial charge in [0.15, 0.2) is 23.0 Å². The Morgan fingerprint density at radius 1 is 0.677 bits per heavy atom. The van der Waals surface area contributed by atoms with Gasteiger partial charge in [0.25, 0.3) is 0 Å². The third-order valence-corrected chi connectivity index (χ3v) is 6.69. The van der Waals surface area contributed by atoms with Gasteiger partial charge in [0.1, 0.15) is 0 Å². The van der Waals surface area contributed by atoms with Crippen molar-refractivity contribution in [2.24, 2.45) is 0 Å². The van der Waals surface area contributed by atoms with Crippen molar-refractivity contribution in [3.8, 4) is 23.0 Å². The normalized spacial score (nSPS) is 10.7. The van der Waals surface area contributed by atoms with E-state index in [0.29, 0.717) is 23.0 Å². The van der Waals surface area contributed by atoms with E-state index in [1.807, 2.05) is 50.3 Å². The summed E-state index contributed by atoms with van der Waals surface area (Å²) in [5.74, 6) is 2.79. The summed E-state index contributed by atoms with van der Waals surface area (Å²) < 4.78 is 23.1. The molecule has 0 aliphatic carbocycles. The fourth-order valence-electron chi connectivity index (χ4n) is 2.44. The van der Waals surface area contributed by atoms with Gasteiger partial charge in [-0.15, -0.1) is 23.5 Å². The number of hydrogen-bond donors (Lipinski definition) is 0. The summed E-state index contributed by atoms with van der Waals surface area (Å²) in [6.45, 7) is 4.00. The van der Waals surface area contributed by atoms with E-state index >= 15 is 0 Å². The van der Waals surface area contributed by atoms with Gasteiger partial charge in [0.2, 0.25) is 0 Å². The van der Waals surface area contributed by atoms with Gasteiger partial charge in [-0.05, 0) is 90.2 Å². The lowest BCUT2D eigenvalue weighted by molar-refractivity contribution is 0.353. The van der Waals surface area contributed by atoms with Crippen LogP contribution in [0.4, 0.5) is 0 Å². The van der Waals surface area contributed by atoms with Gasteiger partial charge in [0.05, 0.1) is 37.4 Å². The number of ether oxygens (including phenoxy) is 4. The van der Waals surface area contributed by atoms with E-state index in [1.54, 1.807) is 52.0 Å². The molecule has 0 aromatic heterocycles. The minimum atomic E-state index is 0.694. The van der Waals surface area contributed by atoms with Crippen molar-refractivity contribution in [1.82, 2.24) is 0 Å². The van der Waals surface area contributed by atoms with Crippen molar-refractivity contribution < 1.29 is 18.9 Å². The van der Waals surface area contributed by atoms with Crippen molar-refractivity contribution in [2.45, 2.75) is 13.8 Å². The molecule has 2 rings (SSSR count). The van der Waals surface area contributed by atoms with Crippen molar-refractivity contribution >= 4 is 67.5 Å². The van der Waals surface area contributed by atoms with Crippen LogP contribution in [0.1, 0.15) is 25.0 Å². The van der Waals surface area contributed by atoms with Crippen LogP contribution < -0.4 is 18.9 Å². The molecule has 0 spiro atoms. The van der Waals surface area contributed by atoms with Crippen LogP contribution in [0, 0.1) is 0 Å². The molecule has 0 saturated carbocycles. The zero-order valence-electron chi connectivity index (χ0n) is 18.5. The molecule has 0 atom stereocenters. The van der Waals surface area contributed by atoms with Crippen molar-refractivity contribution in [3.63, 3.8) is 0 Å². The van der Waals surface area contributed by atoms with Gasteiger partial charge in [-0.2, -0.15) is 0 Å². The minimum absolute atomic E-state index is 0.694. The third kappa shape index (κ3) is 8.67. The molecular formula is C23H28Br2O4S2. The Labute approximate surface area is 211 Å². The quantitative estimate of drug-likeness (QED) is 0.204. The van der Waals surface area contributed by atoms with Crippen LogP contribution in [0.25, 0.3) is 12.2 Å². The summed E-state index contributed by atoms with van der Waals surface area (Å²) in [5, 5.41) is 5.04. The van der Waals surface area contributed by atoms with Gasteiger partial charge >= 0.3 is 0 Å². The second-order valence-electron chi connectivity index (χ2n) is 5.53. The molecule has 31 heavy (non-hydrogen) atoms. The number of thioether (sulfide) groups is 2. The zero-order valence-corrected chi connectivity index (χ0v) is 23.3. The average molecular weight is 592 g/mol. The highest BCUT2D eigenvalue weighted by atomic mass is 79.9. The first-order valence-corrected chi connectivity index (χ1v) is 13.1. The molecule has 8 heteroatoms. The first-order valence-electron chi connectivity index (χ1n) is 9.43. The molecule has 0 N–H and O–H groups in total. The predicted octanol–water partition coefficient (Wildman–Crippen LogP) is 8.34. The summed E-state index contributed by atoms with van der Waals surface area (Å²) in [6, 6.07) is 7.89. The number of rotatable bonds is 10. The Morgan fingerprint density at radius 3 is 1.39 bits per heavy atom. The van der Waals surface area contributed by atoms with E-state index < -0.39 is 0 Å². The van der Waals surface area contributed by atoms with E-state index in [0.717, 1.165) is 25.2 Å². The fourth-order valence-corrected chi connectivity index (χ4v) is 5.13. The van der Waals surface area contributed by atoms with Gasteiger partial charge in [-0.25, -0.2) is 0 Å². The average Bonchev–Trinajstić information content (AvgIpc) is 2.78. The lowest BCUT2D eigenvalue weighted by atomic mass is 10.2. The highest BCUT2D eigenvalue weighted by molar-refractivity contribution is 9.11. The van der Waals surface area contributed by atoms with Crippen LogP contribution in [0.5, 0.6) is 23.0 Å². The number of halogens is 2. The van der Waals surface area contributed by atoms with Crippen molar-refractivity contribution in [2.75, 3.05) is 33.5 Å². The SMILES string of the molecule is CC.COc1cc(/C=C/SCS/C=C/c2cc(Br)c(OC)c(OC)c2)cc(Br)c1OC. The monoisotopic (exact) mass is 590 g/mol. The summed E-state index contributed by atoms with van der Waals surface area (Å²) in [4.78, 5) is 0. The fraction of sp³-hybridized carbons (Fsp3) is 0.304. The molecule has 2 aromatic rings. The van der Waals surface area contributed by atoms with Crippen LogP contribution in [-0.4, -0.2) is 33.5 Å². The van der Waals surface area contributed by atoms with Crippen LogP contribution in [-0.2, 0) is 0 Å². The maximum atomic E-state index is 5.37. The first-order chi connectivity index (χ1) is 15.0. The van der Waals surface area contributed by atoms with Crippen molar-refractivity contribution in [3.05, 3.63) is 55.2 Å². The molecule has 0 bridgehead atoms. The maximum absolute atomic E-state index is 5.37. The smallest absolute Gasteiger partial charge is 0.174 e. The number of methoxy groups -OCH3 is 4. The summed E-state index contributed by atoms with van der Waals surface area (Å²) in [6.07, 6.45) is 4.10. The largest absolute Gasteiger partial charge is 0.493 e. The second-order valence-corrected chi connectivity index (χ2v) is 9.40. The number of hydrogen-bond acceptors (Lipinski definition) is 6. The Bertz CT molecular complexity index is 815. The number of benzene rings is 2. The Hall–Kier alpha value is -1.22. The van der Waals surface area contributed by atoms with Crippen LogP contribution in [0.15, 0.2) is 44.0 Å². The highest BCUT2D eigenvalue weighted by Crippen LogP contribution is 2.38. The molecule has 0 unspecified atom stereocenters. The third-order valence-electron chi connectivity index (χ3n) is 3.76. The van der Waals surface area contributed by atoms with E-state index in [9.17, 15) is 0 Å². The van der Waals surface area contributed by atoms with E-state index in [1.165, 1.54) is 0 Å². The van der Waals surface area contributed by atoms with Crippen LogP contribution >= 0.6 is 55.4 Å². The summed E-state index contributed by atoms with van der Waals surface area (Å²) >= 11 is 10.5. The minimum Gasteiger partial charge on any atom is -0.493 e. The molecule has 0 fully saturated rings. The molecule has 0 radical (unpaired) electrons. The van der Waals surface area contributed by atoms with Gasteiger partial charge in [0, 0.05) is 5.08 Å². The van der Waals surface area contributed by atoms with E-state index in [2.05, 4.69) is 42.7 Å². The molecule has 0 aliphatic rings.